The minimum Gasteiger partial charge on any atom is -0.311 e. The lowest BCUT2D eigenvalue weighted by Crippen LogP contribution is -2.31. The van der Waals surface area contributed by atoms with Crippen LogP contribution in [0.4, 0.5) is 0 Å². The standard InChI is InChI=1S/C13H21ClN2.2ClH/c1-3-16(4-2)10-9-15-11-12-7-5-6-8-13(12)14;;/h5-8,15H,3-4,9-11H2,1-2H3;2*1H. The Morgan fingerprint density at radius 1 is 1.11 bits per heavy atom. The molecule has 0 radical (unpaired) electrons. The van der Waals surface area contributed by atoms with E-state index in [0.29, 0.717) is 0 Å². The Labute approximate surface area is 128 Å². The van der Waals surface area contributed by atoms with Gasteiger partial charge < -0.3 is 10.2 Å². The maximum Gasteiger partial charge on any atom is 0.0450 e. The molecule has 1 aromatic rings. The fraction of sp³-hybridized carbons (Fsp3) is 0.538. The Morgan fingerprint density at radius 3 is 2.28 bits per heavy atom. The number of rotatable bonds is 7. The maximum atomic E-state index is 6.07. The highest BCUT2D eigenvalue weighted by atomic mass is 35.5. The zero-order chi connectivity index (χ0) is 11.8. The average molecular weight is 314 g/mol. The highest BCUT2D eigenvalue weighted by Gasteiger charge is 2.00. The lowest BCUT2D eigenvalue weighted by atomic mass is 10.2. The first kappa shape index (κ1) is 20.3. The summed E-state index contributed by atoms with van der Waals surface area (Å²) in [5.41, 5.74) is 1.17. The lowest BCUT2D eigenvalue weighted by Gasteiger charge is -2.18. The highest BCUT2D eigenvalue weighted by Crippen LogP contribution is 2.13. The molecule has 0 unspecified atom stereocenters. The van der Waals surface area contributed by atoms with Crippen LogP contribution in [0.1, 0.15) is 19.4 Å². The zero-order valence-corrected chi connectivity index (χ0v) is 13.4. The summed E-state index contributed by atoms with van der Waals surface area (Å²) in [4.78, 5) is 2.40. The quantitative estimate of drug-likeness (QED) is 0.774. The van der Waals surface area contributed by atoms with Crippen LogP contribution in [0.5, 0.6) is 0 Å². The molecule has 0 atom stereocenters. The summed E-state index contributed by atoms with van der Waals surface area (Å²) in [5, 5.41) is 4.26. The van der Waals surface area contributed by atoms with E-state index in [9.17, 15) is 0 Å². The van der Waals surface area contributed by atoms with Crippen LogP contribution in [-0.4, -0.2) is 31.1 Å². The SMILES string of the molecule is CCN(CC)CCNCc1ccccc1Cl.Cl.Cl. The monoisotopic (exact) mass is 312 g/mol. The van der Waals surface area contributed by atoms with Gasteiger partial charge in [0.2, 0.25) is 0 Å². The second kappa shape index (κ2) is 12.1. The molecule has 106 valence electrons. The predicted octanol–water partition coefficient (Wildman–Crippen LogP) is 3.62. The van der Waals surface area contributed by atoms with Crippen molar-refractivity contribution in [2.45, 2.75) is 20.4 Å². The van der Waals surface area contributed by atoms with Crippen LogP contribution in [0.2, 0.25) is 5.02 Å². The summed E-state index contributed by atoms with van der Waals surface area (Å²) in [6.45, 7) is 9.56. The second-order valence-electron chi connectivity index (χ2n) is 3.80. The summed E-state index contributed by atoms with van der Waals surface area (Å²) < 4.78 is 0. The largest absolute Gasteiger partial charge is 0.311 e. The van der Waals surface area contributed by atoms with E-state index in [2.05, 4.69) is 30.1 Å². The Balaban J connectivity index is 0. The van der Waals surface area contributed by atoms with Crippen molar-refractivity contribution in [3.05, 3.63) is 34.9 Å². The molecule has 1 aromatic carbocycles. The Kier molecular flexibility index (Phi) is 13.6. The molecule has 0 amide bonds. The van der Waals surface area contributed by atoms with Gasteiger partial charge in [-0.1, -0.05) is 43.6 Å². The number of hydrogen-bond acceptors (Lipinski definition) is 2. The first-order chi connectivity index (χ1) is 7.77. The summed E-state index contributed by atoms with van der Waals surface area (Å²) >= 11 is 6.07. The van der Waals surface area contributed by atoms with Crippen molar-refractivity contribution in [1.82, 2.24) is 10.2 Å². The van der Waals surface area contributed by atoms with E-state index >= 15 is 0 Å². The molecule has 0 saturated carbocycles. The van der Waals surface area contributed by atoms with Crippen LogP contribution in [0, 0.1) is 0 Å². The number of benzene rings is 1. The Bertz CT molecular complexity index is 304. The number of nitrogens with one attached hydrogen (secondary N) is 1. The molecule has 1 rings (SSSR count). The fourth-order valence-corrected chi connectivity index (χ4v) is 1.84. The molecule has 0 heterocycles. The Hall–Kier alpha value is 0.01000. The van der Waals surface area contributed by atoms with Gasteiger partial charge in [-0.05, 0) is 24.7 Å². The summed E-state index contributed by atoms with van der Waals surface area (Å²) in [5.74, 6) is 0. The van der Waals surface area contributed by atoms with Gasteiger partial charge in [0, 0.05) is 24.7 Å². The van der Waals surface area contributed by atoms with Gasteiger partial charge in [0.1, 0.15) is 0 Å². The Morgan fingerprint density at radius 2 is 1.72 bits per heavy atom. The van der Waals surface area contributed by atoms with E-state index in [0.717, 1.165) is 37.7 Å². The molecule has 1 N–H and O–H groups in total. The smallest absolute Gasteiger partial charge is 0.0450 e. The second-order valence-corrected chi connectivity index (χ2v) is 4.20. The van der Waals surface area contributed by atoms with Crippen molar-refractivity contribution >= 4 is 36.4 Å². The van der Waals surface area contributed by atoms with E-state index in [4.69, 9.17) is 11.6 Å². The molecule has 18 heavy (non-hydrogen) atoms. The van der Waals surface area contributed by atoms with Gasteiger partial charge in [-0.15, -0.1) is 24.8 Å². The fourth-order valence-electron chi connectivity index (χ4n) is 1.64. The number of likely N-dealkylation sites (N-methyl/N-ethyl adjacent to an activating group) is 1. The van der Waals surface area contributed by atoms with Crippen LogP contribution < -0.4 is 5.32 Å². The van der Waals surface area contributed by atoms with Crippen molar-refractivity contribution in [2.24, 2.45) is 0 Å². The summed E-state index contributed by atoms with van der Waals surface area (Å²) in [6.07, 6.45) is 0. The molecule has 0 fully saturated rings. The molecule has 0 aromatic heterocycles. The molecular weight excluding hydrogens is 291 g/mol. The zero-order valence-electron chi connectivity index (χ0n) is 11.0. The van der Waals surface area contributed by atoms with Gasteiger partial charge in [-0.2, -0.15) is 0 Å². The van der Waals surface area contributed by atoms with Crippen LogP contribution >= 0.6 is 36.4 Å². The molecule has 0 aliphatic carbocycles. The van der Waals surface area contributed by atoms with Gasteiger partial charge in [0.15, 0.2) is 0 Å². The molecular formula is C13H23Cl3N2. The average Bonchev–Trinajstić information content (AvgIpc) is 2.31. The minimum absolute atomic E-state index is 0. The summed E-state index contributed by atoms with van der Waals surface area (Å²) in [7, 11) is 0. The third-order valence-corrected chi connectivity index (χ3v) is 3.14. The van der Waals surface area contributed by atoms with Crippen LogP contribution in [-0.2, 0) is 6.54 Å². The van der Waals surface area contributed by atoms with Gasteiger partial charge in [0.25, 0.3) is 0 Å². The molecule has 0 aliphatic rings. The van der Waals surface area contributed by atoms with Gasteiger partial charge in [-0.25, -0.2) is 0 Å². The third kappa shape index (κ3) is 7.45. The van der Waals surface area contributed by atoms with Gasteiger partial charge in [-0.3, -0.25) is 0 Å². The van der Waals surface area contributed by atoms with Crippen molar-refractivity contribution in [3.8, 4) is 0 Å². The van der Waals surface area contributed by atoms with Gasteiger partial charge in [0.05, 0.1) is 0 Å². The molecule has 0 spiro atoms. The van der Waals surface area contributed by atoms with E-state index in [1.807, 2.05) is 18.2 Å². The summed E-state index contributed by atoms with van der Waals surface area (Å²) in [6, 6.07) is 7.98. The number of nitrogens with zero attached hydrogens (tertiary/aromatic N) is 1. The van der Waals surface area contributed by atoms with E-state index in [1.165, 1.54) is 5.56 Å². The molecule has 0 bridgehead atoms. The van der Waals surface area contributed by atoms with Crippen molar-refractivity contribution in [2.75, 3.05) is 26.2 Å². The van der Waals surface area contributed by atoms with E-state index < -0.39 is 0 Å². The van der Waals surface area contributed by atoms with E-state index in [-0.39, 0.29) is 24.8 Å². The molecule has 0 aliphatic heterocycles. The van der Waals surface area contributed by atoms with Crippen LogP contribution in [0.15, 0.2) is 24.3 Å². The normalized spacial score (nSPS) is 9.78. The third-order valence-electron chi connectivity index (χ3n) is 2.77. The first-order valence-corrected chi connectivity index (χ1v) is 6.32. The van der Waals surface area contributed by atoms with Crippen molar-refractivity contribution in [3.63, 3.8) is 0 Å². The van der Waals surface area contributed by atoms with E-state index in [1.54, 1.807) is 0 Å². The van der Waals surface area contributed by atoms with Crippen LogP contribution in [0.25, 0.3) is 0 Å². The van der Waals surface area contributed by atoms with Crippen molar-refractivity contribution in [1.29, 1.82) is 0 Å². The topological polar surface area (TPSA) is 15.3 Å². The minimum atomic E-state index is 0. The van der Waals surface area contributed by atoms with Crippen LogP contribution in [0.3, 0.4) is 0 Å². The maximum absolute atomic E-state index is 6.07. The first-order valence-electron chi connectivity index (χ1n) is 5.94. The number of halogens is 3. The van der Waals surface area contributed by atoms with Crippen molar-refractivity contribution < 1.29 is 0 Å². The lowest BCUT2D eigenvalue weighted by molar-refractivity contribution is 0.302. The van der Waals surface area contributed by atoms with Gasteiger partial charge >= 0.3 is 0 Å². The highest BCUT2D eigenvalue weighted by molar-refractivity contribution is 6.31. The molecule has 0 saturated heterocycles. The molecule has 5 heteroatoms. The number of hydrogen-bond donors (Lipinski definition) is 1. The predicted molar refractivity (Wildman–Crippen MR) is 85.4 cm³/mol. The molecule has 2 nitrogen and oxygen atoms in total.